The zero-order valence-corrected chi connectivity index (χ0v) is 15.4. The molecule has 1 aliphatic carbocycles. The first kappa shape index (κ1) is 16.4. The van der Waals surface area contributed by atoms with Crippen molar-refractivity contribution < 1.29 is 13.9 Å². The summed E-state index contributed by atoms with van der Waals surface area (Å²) in [6.45, 7) is 0.599. The molecular weight excluding hydrogens is 343 g/mol. The van der Waals surface area contributed by atoms with Gasteiger partial charge in [0.05, 0.1) is 7.11 Å². The van der Waals surface area contributed by atoms with Crippen LogP contribution in [0.25, 0.3) is 10.9 Å². The summed E-state index contributed by atoms with van der Waals surface area (Å²) < 4.78 is 21.3. The second kappa shape index (κ2) is 5.59. The lowest BCUT2D eigenvalue weighted by Gasteiger charge is -2.40. The number of carbonyl (C=O) groups excluding carboxylic acids is 1. The van der Waals surface area contributed by atoms with Gasteiger partial charge in [-0.05, 0) is 42.2 Å². The van der Waals surface area contributed by atoms with E-state index >= 15 is 0 Å². The van der Waals surface area contributed by atoms with Gasteiger partial charge in [-0.1, -0.05) is 30.3 Å². The fraction of sp³-hybridized carbons (Fsp3) is 0.318. The fourth-order valence-electron chi connectivity index (χ4n) is 4.80. The molecule has 4 nitrogen and oxygen atoms in total. The Labute approximate surface area is 157 Å². The van der Waals surface area contributed by atoms with Gasteiger partial charge in [0.25, 0.3) is 0 Å². The molecule has 138 valence electrons. The van der Waals surface area contributed by atoms with Crippen LogP contribution in [-0.2, 0) is 17.2 Å². The van der Waals surface area contributed by atoms with Crippen molar-refractivity contribution in [2.24, 2.45) is 7.05 Å². The average Bonchev–Trinajstić information content (AvgIpc) is 3.38. The Bertz CT molecular complexity index is 1070. The predicted octanol–water partition coefficient (Wildman–Crippen LogP) is 4.52. The van der Waals surface area contributed by atoms with Crippen molar-refractivity contribution in [3.05, 3.63) is 71.2 Å². The highest BCUT2D eigenvalue weighted by molar-refractivity contribution is 5.89. The summed E-state index contributed by atoms with van der Waals surface area (Å²) in [4.78, 5) is 14.5. The second-order valence-corrected chi connectivity index (χ2v) is 7.67. The third-order valence-electron chi connectivity index (χ3n) is 6.15. The largest absolute Gasteiger partial charge is 0.453 e. The lowest BCUT2D eigenvalue weighted by atomic mass is 9.83. The summed E-state index contributed by atoms with van der Waals surface area (Å²) in [5, 5.41) is 1.23. The van der Waals surface area contributed by atoms with Crippen LogP contribution in [0.4, 0.5) is 9.18 Å². The number of aromatic nitrogens is 1. The molecule has 2 heterocycles. The van der Waals surface area contributed by atoms with Crippen molar-refractivity contribution in [1.82, 2.24) is 9.47 Å². The predicted molar refractivity (Wildman–Crippen MR) is 101 cm³/mol. The molecule has 0 bridgehead atoms. The molecule has 2 aliphatic rings. The SMILES string of the molecule is COC(=O)N1CC2(CC2)c2c(n(C)c3ccccc23)C1c1cccc(F)c1. The molecule has 1 amide bonds. The summed E-state index contributed by atoms with van der Waals surface area (Å²) in [6, 6.07) is 14.5. The number of amides is 1. The molecule has 1 atom stereocenters. The standard InChI is InChI=1S/C22H21FN2O2/c1-24-17-9-4-3-8-16(17)18-20(24)19(14-6-5-7-15(23)12-14)25(21(26)27-2)13-22(18)10-11-22/h3-9,12,19H,10-11,13H2,1-2H3. The Morgan fingerprint density at radius 1 is 1.19 bits per heavy atom. The minimum absolute atomic E-state index is 0.0196. The number of benzene rings is 2. The third-order valence-corrected chi connectivity index (χ3v) is 6.15. The van der Waals surface area contributed by atoms with Crippen LogP contribution in [0, 0.1) is 5.82 Å². The molecule has 5 heteroatoms. The topological polar surface area (TPSA) is 34.5 Å². The van der Waals surface area contributed by atoms with Gasteiger partial charge in [0.2, 0.25) is 0 Å². The molecule has 0 radical (unpaired) electrons. The van der Waals surface area contributed by atoms with Crippen molar-refractivity contribution in [3.63, 3.8) is 0 Å². The van der Waals surface area contributed by atoms with Crippen LogP contribution in [0.3, 0.4) is 0 Å². The van der Waals surface area contributed by atoms with Crippen LogP contribution in [0.15, 0.2) is 48.5 Å². The summed E-state index contributed by atoms with van der Waals surface area (Å²) >= 11 is 0. The molecule has 3 aromatic rings. The van der Waals surface area contributed by atoms with E-state index in [1.54, 1.807) is 11.0 Å². The van der Waals surface area contributed by atoms with Gasteiger partial charge in [-0.15, -0.1) is 0 Å². The number of aryl methyl sites for hydroxylation is 1. The Hall–Kier alpha value is -2.82. The van der Waals surface area contributed by atoms with Crippen molar-refractivity contribution in [2.75, 3.05) is 13.7 Å². The number of rotatable bonds is 1. The summed E-state index contributed by atoms with van der Waals surface area (Å²) in [5.41, 5.74) is 4.27. The minimum Gasteiger partial charge on any atom is -0.453 e. The van der Waals surface area contributed by atoms with Gasteiger partial charge >= 0.3 is 6.09 Å². The Morgan fingerprint density at radius 2 is 1.96 bits per heavy atom. The van der Waals surface area contributed by atoms with Gasteiger partial charge in [0.15, 0.2) is 0 Å². The van der Waals surface area contributed by atoms with Crippen molar-refractivity contribution in [3.8, 4) is 0 Å². The lowest BCUT2D eigenvalue weighted by molar-refractivity contribution is 0.0999. The number of methoxy groups -OCH3 is 1. The molecule has 1 aromatic heterocycles. The first-order valence-corrected chi connectivity index (χ1v) is 9.23. The van der Waals surface area contributed by atoms with Crippen LogP contribution in [0.1, 0.15) is 35.7 Å². The number of hydrogen-bond donors (Lipinski definition) is 0. The van der Waals surface area contributed by atoms with Crippen LogP contribution in [-0.4, -0.2) is 29.2 Å². The summed E-state index contributed by atoms with van der Waals surface area (Å²) in [5.74, 6) is -0.302. The van der Waals surface area contributed by atoms with Gasteiger partial charge < -0.3 is 9.30 Å². The van der Waals surface area contributed by atoms with E-state index in [1.807, 2.05) is 19.2 Å². The first-order chi connectivity index (χ1) is 13.1. The molecule has 1 spiro atoms. The van der Waals surface area contributed by atoms with Crippen molar-refractivity contribution in [2.45, 2.75) is 24.3 Å². The average molecular weight is 364 g/mol. The molecule has 0 saturated heterocycles. The number of hydrogen-bond acceptors (Lipinski definition) is 2. The molecule has 5 rings (SSSR count). The minimum atomic E-state index is -0.369. The highest BCUT2D eigenvalue weighted by atomic mass is 19.1. The molecule has 1 aliphatic heterocycles. The summed E-state index contributed by atoms with van der Waals surface area (Å²) in [7, 11) is 3.44. The van der Waals surface area contributed by atoms with Gasteiger partial charge in [0, 0.05) is 35.6 Å². The monoisotopic (exact) mass is 364 g/mol. The maximum atomic E-state index is 14.0. The molecule has 0 N–H and O–H groups in total. The molecule has 1 unspecified atom stereocenters. The number of ether oxygens (including phenoxy) is 1. The van der Waals surface area contributed by atoms with E-state index in [0.717, 1.165) is 29.6 Å². The number of para-hydroxylation sites is 1. The maximum absolute atomic E-state index is 14.0. The van der Waals surface area contributed by atoms with Crippen LogP contribution >= 0.6 is 0 Å². The Kier molecular flexibility index (Phi) is 3.39. The van der Waals surface area contributed by atoms with Crippen molar-refractivity contribution in [1.29, 1.82) is 0 Å². The van der Waals surface area contributed by atoms with Gasteiger partial charge in [-0.25, -0.2) is 9.18 Å². The highest BCUT2D eigenvalue weighted by Gasteiger charge is 2.55. The van der Waals surface area contributed by atoms with E-state index in [-0.39, 0.29) is 23.4 Å². The number of nitrogens with zero attached hydrogens (tertiary/aromatic N) is 2. The maximum Gasteiger partial charge on any atom is 0.410 e. The quantitative estimate of drug-likeness (QED) is 0.636. The number of fused-ring (bicyclic) bond motifs is 4. The van der Waals surface area contributed by atoms with Gasteiger partial charge in [-0.2, -0.15) is 0 Å². The highest BCUT2D eigenvalue weighted by Crippen LogP contribution is 2.58. The zero-order valence-electron chi connectivity index (χ0n) is 15.4. The number of carbonyl (C=O) groups is 1. The fourth-order valence-corrected chi connectivity index (χ4v) is 4.80. The molecule has 1 fully saturated rings. The second-order valence-electron chi connectivity index (χ2n) is 7.67. The molecule has 1 saturated carbocycles. The zero-order chi connectivity index (χ0) is 18.8. The van der Waals surface area contributed by atoms with E-state index in [9.17, 15) is 9.18 Å². The van der Waals surface area contributed by atoms with E-state index < -0.39 is 0 Å². The van der Waals surface area contributed by atoms with Crippen molar-refractivity contribution >= 4 is 17.0 Å². The normalized spacial score (nSPS) is 20.0. The van der Waals surface area contributed by atoms with Gasteiger partial charge in [-0.3, -0.25) is 4.90 Å². The molecule has 2 aromatic carbocycles. The van der Waals surface area contributed by atoms with Crippen LogP contribution in [0.5, 0.6) is 0 Å². The van der Waals surface area contributed by atoms with Crippen LogP contribution < -0.4 is 0 Å². The van der Waals surface area contributed by atoms with E-state index in [0.29, 0.717) is 6.54 Å². The molecule has 27 heavy (non-hydrogen) atoms. The smallest absolute Gasteiger partial charge is 0.410 e. The lowest BCUT2D eigenvalue weighted by Crippen LogP contribution is -2.45. The Morgan fingerprint density at radius 3 is 2.67 bits per heavy atom. The van der Waals surface area contributed by atoms with E-state index in [4.69, 9.17) is 4.74 Å². The summed E-state index contributed by atoms with van der Waals surface area (Å²) in [6.07, 6.45) is 1.74. The third kappa shape index (κ3) is 2.24. The number of halogens is 1. The van der Waals surface area contributed by atoms with Gasteiger partial charge in [0.1, 0.15) is 11.9 Å². The Balaban J connectivity index is 1.83. The molecular formula is C22H21FN2O2. The van der Waals surface area contributed by atoms with Crippen LogP contribution in [0.2, 0.25) is 0 Å². The van der Waals surface area contributed by atoms with E-state index in [1.165, 1.54) is 30.2 Å². The first-order valence-electron chi connectivity index (χ1n) is 9.23. The van der Waals surface area contributed by atoms with E-state index in [2.05, 4.69) is 22.8 Å².